The molecule has 0 radical (unpaired) electrons. The Bertz CT molecular complexity index is 848. The summed E-state index contributed by atoms with van der Waals surface area (Å²) in [7, 11) is 0. The quantitative estimate of drug-likeness (QED) is 0.475. The second-order valence-electron chi connectivity index (χ2n) is 9.83. The van der Waals surface area contributed by atoms with Crippen molar-refractivity contribution in [1.82, 2.24) is 0 Å². The van der Waals surface area contributed by atoms with E-state index in [2.05, 4.69) is 26.0 Å². The molecule has 1 aliphatic heterocycles. The van der Waals surface area contributed by atoms with E-state index in [1.807, 2.05) is 6.08 Å². The minimum atomic E-state index is -0.337. The lowest BCUT2D eigenvalue weighted by Crippen LogP contribution is -2.52. The second kappa shape index (κ2) is 5.34. The van der Waals surface area contributed by atoms with Gasteiger partial charge in [-0.2, -0.15) is 5.26 Å². The molecule has 4 unspecified atom stereocenters. The van der Waals surface area contributed by atoms with Crippen LogP contribution in [0.5, 0.6) is 0 Å². The van der Waals surface area contributed by atoms with Gasteiger partial charge in [-0.05, 0) is 50.5 Å². The Kier molecular flexibility index (Phi) is 3.41. The SMILES string of the molecule is CC12CCC(=O)C=C1C[C@@H](C#N)C1C2=CCC2(C)C1CC[C@@]21CCC(=O)O1. The molecule has 5 rings (SSSR count). The number of rotatable bonds is 0. The number of ether oxygens (including phenoxy) is 1. The van der Waals surface area contributed by atoms with E-state index < -0.39 is 0 Å². The average Bonchev–Trinajstić information content (AvgIpc) is 3.16. The molecule has 4 aliphatic carbocycles. The molecule has 0 amide bonds. The Hall–Kier alpha value is -1.89. The van der Waals surface area contributed by atoms with Crippen LogP contribution in [0, 0.1) is 39.9 Å². The fourth-order valence-corrected chi connectivity index (χ4v) is 7.27. The predicted octanol–water partition coefficient (Wildman–Crippen LogP) is 4.26. The van der Waals surface area contributed by atoms with Crippen molar-refractivity contribution in [2.45, 2.75) is 70.8 Å². The van der Waals surface area contributed by atoms with Crippen LogP contribution in [-0.4, -0.2) is 17.4 Å². The van der Waals surface area contributed by atoms with Crippen molar-refractivity contribution in [3.05, 3.63) is 23.3 Å². The number of esters is 1. The molecular weight excluding hydrogens is 338 g/mol. The van der Waals surface area contributed by atoms with Gasteiger partial charge in [0.25, 0.3) is 0 Å². The van der Waals surface area contributed by atoms with Crippen molar-refractivity contribution in [2.24, 2.45) is 28.6 Å². The molecule has 142 valence electrons. The molecule has 0 aromatic carbocycles. The van der Waals surface area contributed by atoms with Crippen LogP contribution in [0.2, 0.25) is 0 Å². The summed E-state index contributed by atoms with van der Waals surface area (Å²) in [5.41, 5.74) is 2.07. The van der Waals surface area contributed by atoms with Crippen molar-refractivity contribution in [3.8, 4) is 6.07 Å². The molecule has 4 heteroatoms. The van der Waals surface area contributed by atoms with Crippen molar-refractivity contribution in [3.63, 3.8) is 0 Å². The minimum Gasteiger partial charge on any atom is -0.458 e. The van der Waals surface area contributed by atoms with Gasteiger partial charge in [0.15, 0.2) is 5.78 Å². The number of hydrogen-bond acceptors (Lipinski definition) is 4. The van der Waals surface area contributed by atoms with Crippen LogP contribution in [0.4, 0.5) is 0 Å². The third-order valence-corrected chi connectivity index (χ3v) is 8.89. The maximum Gasteiger partial charge on any atom is 0.306 e. The molecule has 1 spiro atoms. The highest BCUT2D eigenvalue weighted by atomic mass is 16.6. The molecule has 0 aromatic rings. The summed E-state index contributed by atoms with van der Waals surface area (Å²) in [5, 5.41) is 10.00. The molecular formula is C23H27NO3. The van der Waals surface area contributed by atoms with E-state index in [0.29, 0.717) is 25.2 Å². The predicted molar refractivity (Wildman–Crippen MR) is 99.2 cm³/mol. The average molecular weight is 365 g/mol. The van der Waals surface area contributed by atoms with Gasteiger partial charge in [-0.15, -0.1) is 0 Å². The maximum atomic E-state index is 12.0. The number of nitriles is 1. The van der Waals surface area contributed by atoms with Gasteiger partial charge in [0, 0.05) is 29.6 Å². The molecule has 0 bridgehead atoms. The second-order valence-corrected chi connectivity index (χ2v) is 9.83. The standard InChI is InChI=1S/C23H27NO3/c1-21-7-3-16(25)12-15(21)11-14(13-24)20-17(21)4-8-22(2)18(20)5-9-23(22)10-6-19(26)27-23/h4,12,14,18,20H,3,5-11H2,1-2H3/t14-,18?,20?,21?,22?,23+/m0/s1. The molecule has 5 aliphatic rings. The van der Waals surface area contributed by atoms with Crippen molar-refractivity contribution in [1.29, 1.82) is 5.26 Å². The molecule has 1 saturated heterocycles. The van der Waals surface area contributed by atoms with E-state index in [-0.39, 0.29) is 40.0 Å². The van der Waals surface area contributed by atoms with Gasteiger partial charge in [0.1, 0.15) is 5.60 Å². The van der Waals surface area contributed by atoms with E-state index >= 15 is 0 Å². The number of carbonyl (C=O) groups excluding carboxylic acids is 2. The number of carbonyl (C=O) groups is 2. The first-order chi connectivity index (χ1) is 12.8. The zero-order valence-electron chi connectivity index (χ0n) is 16.2. The number of allylic oxidation sites excluding steroid dienone is 4. The van der Waals surface area contributed by atoms with Crippen molar-refractivity contribution in [2.75, 3.05) is 0 Å². The first kappa shape index (κ1) is 17.2. The van der Waals surface area contributed by atoms with Crippen LogP contribution in [0.3, 0.4) is 0 Å². The summed E-state index contributed by atoms with van der Waals surface area (Å²) in [6, 6.07) is 2.59. The van der Waals surface area contributed by atoms with Crippen molar-refractivity contribution < 1.29 is 14.3 Å². The van der Waals surface area contributed by atoms with E-state index in [1.54, 1.807) is 0 Å². The Morgan fingerprint density at radius 2 is 2.00 bits per heavy atom. The number of ketones is 1. The van der Waals surface area contributed by atoms with E-state index in [1.165, 1.54) is 5.57 Å². The van der Waals surface area contributed by atoms with Gasteiger partial charge in [-0.1, -0.05) is 31.1 Å². The van der Waals surface area contributed by atoms with Crippen LogP contribution >= 0.6 is 0 Å². The highest BCUT2D eigenvalue weighted by Crippen LogP contribution is 2.68. The molecule has 6 atom stereocenters. The van der Waals surface area contributed by atoms with Crippen LogP contribution < -0.4 is 0 Å². The fourth-order valence-electron chi connectivity index (χ4n) is 7.27. The summed E-state index contributed by atoms with van der Waals surface area (Å²) in [6.45, 7) is 4.57. The Morgan fingerprint density at radius 3 is 2.70 bits per heavy atom. The lowest BCUT2D eigenvalue weighted by molar-refractivity contribution is -0.160. The van der Waals surface area contributed by atoms with Gasteiger partial charge < -0.3 is 4.74 Å². The molecule has 4 nitrogen and oxygen atoms in total. The minimum absolute atomic E-state index is 0.0601. The summed E-state index contributed by atoms with van der Waals surface area (Å²) >= 11 is 0. The molecule has 0 N–H and O–H groups in total. The third-order valence-electron chi connectivity index (χ3n) is 8.89. The fraction of sp³-hybridized carbons (Fsp3) is 0.696. The first-order valence-corrected chi connectivity index (χ1v) is 10.4. The van der Waals surface area contributed by atoms with Crippen LogP contribution in [-0.2, 0) is 14.3 Å². The monoisotopic (exact) mass is 365 g/mol. The van der Waals surface area contributed by atoms with E-state index in [4.69, 9.17) is 4.74 Å². The van der Waals surface area contributed by atoms with Crippen molar-refractivity contribution >= 4 is 11.8 Å². The van der Waals surface area contributed by atoms with E-state index in [0.717, 1.165) is 37.7 Å². The summed E-state index contributed by atoms with van der Waals surface area (Å²) in [6.07, 6.45) is 10.6. The topological polar surface area (TPSA) is 67.2 Å². The van der Waals surface area contributed by atoms with Crippen LogP contribution in [0.15, 0.2) is 23.3 Å². The third kappa shape index (κ3) is 2.03. The number of nitrogens with zero attached hydrogens (tertiary/aromatic N) is 1. The van der Waals surface area contributed by atoms with Crippen LogP contribution in [0.25, 0.3) is 0 Å². The first-order valence-electron chi connectivity index (χ1n) is 10.4. The molecule has 0 aromatic heterocycles. The summed E-state index contributed by atoms with van der Waals surface area (Å²) < 4.78 is 5.97. The van der Waals surface area contributed by atoms with Crippen LogP contribution in [0.1, 0.15) is 65.2 Å². The molecule has 1 heterocycles. The van der Waals surface area contributed by atoms with Gasteiger partial charge in [0.2, 0.25) is 0 Å². The summed E-state index contributed by atoms with van der Waals surface area (Å²) in [5.74, 6) is 0.664. The van der Waals surface area contributed by atoms with Gasteiger partial charge >= 0.3 is 5.97 Å². The Labute approximate surface area is 160 Å². The lowest BCUT2D eigenvalue weighted by Gasteiger charge is -2.56. The molecule has 2 saturated carbocycles. The smallest absolute Gasteiger partial charge is 0.306 e. The highest BCUT2D eigenvalue weighted by molar-refractivity contribution is 5.92. The Balaban J connectivity index is 1.62. The Morgan fingerprint density at radius 1 is 1.19 bits per heavy atom. The zero-order chi connectivity index (χ0) is 19.0. The largest absolute Gasteiger partial charge is 0.458 e. The van der Waals surface area contributed by atoms with E-state index in [9.17, 15) is 14.9 Å². The number of fused-ring (bicyclic) bond motifs is 6. The summed E-state index contributed by atoms with van der Waals surface area (Å²) in [4.78, 5) is 24.0. The highest BCUT2D eigenvalue weighted by Gasteiger charge is 2.66. The molecule has 27 heavy (non-hydrogen) atoms. The molecule has 3 fully saturated rings. The lowest BCUT2D eigenvalue weighted by atomic mass is 9.48. The van der Waals surface area contributed by atoms with Gasteiger partial charge in [0.05, 0.1) is 12.0 Å². The van der Waals surface area contributed by atoms with Gasteiger partial charge in [-0.3, -0.25) is 9.59 Å². The van der Waals surface area contributed by atoms with Gasteiger partial charge in [-0.25, -0.2) is 0 Å². The zero-order valence-corrected chi connectivity index (χ0v) is 16.2. The number of hydrogen-bond donors (Lipinski definition) is 0. The maximum absolute atomic E-state index is 12.0. The normalized spacial score (nSPS) is 48.1.